The van der Waals surface area contributed by atoms with Crippen molar-refractivity contribution in [2.24, 2.45) is 10.9 Å². The highest BCUT2D eigenvalue weighted by molar-refractivity contribution is 7.89. The third-order valence-corrected chi connectivity index (χ3v) is 4.49. The molecule has 100 valence electrons. The molecule has 6 nitrogen and oxygen atoms in total. The number of hydrogen-bond acceptors (Lipinski definition) is 4. The first-order chi connectivity index (χ1) is 8.30. The van der Waals surface area contributed by atoms with Gasteiger partial charge in [-0.3, -0.25) is 0 Å². The van der Waals surface area contributed by atoms with Crippen molar-refractivity contribution in [2.75, 3.05) is 7.05 Å². The van der Waals surface area contributed by atoms with E-state index in [2.05, 4.69) is 5.16 Å². The number of rotatable bonds is 4. The minimum Gasteiger partial charge on any atom is -0.409 e. The van der Waals surface area contributed by atoms with E-state index in [0.717, 1.165) is 16.4 Å². The van der Waals surface area contributed by atoms with Crippen molar-refractivity contribution in [2.45, 2.75) is 17.9 Å². The van der Waals surface area contributed by atoms with Crippen molar-refractivity contribution in [1.29, 1.82) is 0 Å². The Morgan fingerprint density at radius 1 is 1.56 bits per heavy atom. The number of oxime groups is 1. The molecular weight excluding hydrogens is 261 g/mol. The lowest BCUT2D eigenvalue weighted by molar-refractivity contribution is 0.311. The number of benzene rings is 1. The van der Waals surface area contributed by atoms with E-state index in [0.29, 0.717) is 0 Å². The average Bonchev–Trinajstić information content (AvgIpc) is 2.35. The fourth-order valence-electron chi connectivity index (χ4n) is 1.27. The molecule has 0 aliphatic carbocycles. The van der Waals surface area contributed by atoms with E-state index < -0.39 is 21.9 Å². The Morgan fingerprint density at radius 3 is 2.67 bits per heavy atom. The number of nitrogens with zero attached hydrogens (tertiary/aromatic N) is 2. The van der Waals surface area contributed by atoms with Crippen molar-refractivity contribution in [3.63, 3.8) is 0 Å². The third-order valence-electron chi connectivity index (χ3n) is 2.56. The van der Waals surface area contributed by atoms with Gasteiger partial charge in [-0.1, -0.05) is 11.2 Å². The summed E-state index contributed by atoms with van der Waals surface area (Å²) in [6.07, 6.45) is 0. The smallest absolute Gasteiger partial charge is 0.243 e. The van der Waals surface area contributed by atoms with Gasteiger partial charge in [-0.2, -0.15) is 4.31 Å². The van der Waals surface area contributed by atoms with E-state index >= 15 is 0 Å². The topological polar surface area (TPSA) is 96.0 Å². The molecule has 1 atom stereocenters. The lowest BCUT2D eigenvalue weighted by Crippen LogP contribution is -2.43. The van der Waals surface area contributed by atoms with Crippen LogP contribution in [0.4, 0.5) is 4.39 Å². The Bertz CT molecular complexity index is 559. The molecule has 0 spiro atoms. The highest BCUT2D eigenvalue weighted by Crippen LogP contribution is 2.17. The van der Waals surface area contributed by atoms with Crippen LogP contribution in [0.5, 0.6) is 0 Å². The monoisotopic (exact) mass is 275 g/mol. The van der Waals surface area contributed by atoms with Gasteiger partial charge >= 0.3 is 0 Å². The Hall–Kier alpha value is -1.67. The number of amidine groups is 1. The summed E-state index contributed by atoms with van der Waals surface area (Å²) in [6.45, 7) is 1.45. The zero-order chi connectivity index (χ0) is 13.9. The van der Waals surface area contributed by atoms with Gasteiger partial charge in [0.1, 0.15) is 5.82 Å². The quantitative estimate of drug-likeness (QED) is 0.363. The van der Waals surface area contributed by atoms with E-state index in [4.69, 9.17) is 10.9 Å². The zero-order valence-electron chi connectivity index (χ0n) is 9.91. The van der Waals surface area contributed by atoms with Crippen LogP contribution in [0.15, 0.2) is 34.3 Å². The molecule has 0 aliphatic rings. The second-order valence-electron chi connectivity index (χ2n) is 3.68. The van der Waals surface area contributed by atoms with Crippen LogP contribution < -0.4 is 5.73 Å². The van der Waals surface area contributed by atoms with E-state index in [9.17, 15) is 12.8 Å². The largest absolute Gasteiger partial charge is 0.409 e. The summed E-state index contributed by atoms with van der Waals surface area (Å²) in [7, 11) is -2.63. The first-order valence-electron chi connectivity index (χ1n) is 5.01. The fraction of sp³-hybridized carbons (Fsp3) is 0.300. The van der Waals surface area contributed by atoms with Crippen LogP contribution >= 0.6 is 0 Å². The van der Waals surface area contributed by atoms with Crippen LogP contribution in [-0.2, 0) is 10.0 Å². The van der Waals surface area contributed by atoms with Gasteiger partial charge in [-0.15, -0.1) is 0 Å². The van der Waals surface area contributed by atoms with Crippen LogP contribution in [-0.4, -0.2) is 36.9 Å². The average molecular weight is 275 g/mol. The number of nitrogens with two attached hydrogens (primary N) is 1. The summed E-state index contributed by atoms with van der Waals surface area (Å²) in [5, 5.41) is 11.3. The predicted molar refractivity (Wildman–Crippen MR) is 64.2 cm³/mol. The molecule has 0 bridgehead atoms. The molecule has 0 amide bonds. The molecule has 0 aromatic heterocycles. The SMILES string of the molecule is CC(C(N)=NO)N(C)S(=O)(=O)c1cccc(F)c1. The van der Waals surface area contributed by atoms with Crippen LogP contribution in [0.1, 0.15) is 6.92 Å². The van der Waals surface area contributed by atoms with Gasteiger partial charge in [0.15, 0.2) is 5.84 Å². The van der Waals surface area contributed by atoms with Crippen LogP contribution in [0, 0.1) is 5.82 Å². The third kappa shape index (κ3) is 2.77. The van der Waals surface area contributed by atoms with Gasteiger partial charge in [-0.05, 0) is 25.1 Å². The van der Waals surface area contributed by atoms with Crippen LogP contribution in [0.25, 0.3) is 0 Å². The molecule has 1 unspecified atom stereocenters. The standard InChI is InChI=1S/C10H14FN3O3S/c1-7(10(12)13-15)14(2)18(16,17)9-5-3-4-8(11)6-9/h3-7,15H,1-2H3,(H2,12,13). The summed E-state index contributed by atoms with van der Waals surface area (Å²) in [6, 6.07) is 3.78. The maximum absolute atomic E-state index is 13.0. The van der Waals surface area contributed by atoms with Gasteiger partial charge in [0.25, 0.3) is 0 Å². The van der Waals surface area contributed by atoms with E-state index in [-0.39, 0.29) is 10.7 Å². The highest BCUT2D eigenvalue weighted by Gasteiger charge is 2.27. The second kappa shape index (κ2) is 5.32. The molecule has 0 fully saturated rings. The van der Waals surface area contributed by atoms with Crippen molar-refractivity contribution < 1.29 is 18.0 Å². The van der Waals surface area contributed by atoms with Gasteiger partial charge < -0.3 is 10.9 Å². The minimum atomic E-state index is -3.89. The summed E-state index contributed by atoms with van der Waals surface area (Å²) in [5.74, 6) is -0.904. The number of halogens is 1. The van der Waals surface area contributed by atoms with Crippen molar-refractivity contribution in [3.8, 4) is 0 Å². The Balaban J connectivity index is 3.15. The Kier molecular flexibility index (Phi) is 4.25. The lowest BCUT2D eigenvalue weighted by Gasteiger charge is -2.23. The van der Waals surface area contributed by atoms with E-state index in [1.54, 1.807) is 0 Å². The highest BCUT2D eigenvalue weighted by atomic mass is 32.2. The molecule has 18 heavy (non-hydrogen) atoms. The second-order valence-corrected chi connectivity index (χ2v) is 5.68. The number of likely N-dealkylation sites (N-methyl/N-ethyl adjacent to an activating group) is 1. The maximum Gasteiger partial charge on any atom is 0.243 e. The first-order valence-corrected chi connectivity index (χ1v) is 6.45. The molecule has 8 heteroatoms. The fourth-order valence-corrected chi connectivity index (χ4v) is 2.64. The predicted octanol–water partition coefficient (Wildman–Crippen LogP) is 0.581. The molecule has 0 saturated carbocycles. The normalized spacial score (nSPS) is 14.8. The van der Waals surface area contributed by atoms with E-state index in [1.807, 2.05) is 0 Å². The summed E-state index contributed by atoms with van der Waals surface area (Å²) in [4.78, 5) is -0.192. The Morgan fingerprint density at radius 2 is 2.17 bits per heavy atom. The zero-order valence-corrected chi connectivity index (χ0v) is 10.7. The van der Waals surface area contributed by atoms with Crippen molar-refractivity contribution >= 4 is 15.9 Å². The van der Waals surface area contributed by atoms with Gasteiger partial charge in [-0.25, -0.2) is 12.8 Å². The minimum absolute atomic E-state index is 0.192. The van der Waals surface area contributed by atoms with Crippen molar-refractivity contribution in [1.82, 2.24) is 4.31 Å². The summed E-state index contributed by atoms with van der Waals surface area (Å²) < 4.78 is 38.1. The molecule has 1 aromatic carbocycles. The van der Waals surface area contributed by atoms with Crippen molar-refractivity contribution in [3.05, 3.63) is 30.1 Å². The first kappa shape index (κ1) is 14.4. The maximum atomic E-state index is 13.0. The lowest BCUT2D eigenvalue weighted by atomic mass is 10.3. The molecule has 1 aromatic rings. The molecule has 0 saturated heterocycles. The van der Waals surface area contributed by atoms with Crippen LogP contribution in [0.2, 0.25) is 0 Å². The van der Waals surface area contributed by atoms with Gasteiger partial charge in [0, 0.05) is 7.05 Å². The van der Waals surface area contributed by atoms with Gasteiger partial charge in [0.2, 0.25) is 10.0 Å². The summed E-state index contributed by atoms with van der Waals surface area (Å²) in [5.41, 5.74) is 5.34. The molecule has 3 N–H and O–H groups in total. The van der Waals surface area contributed by atoms with E-state index in [1.165, 1.54) is 26.1 Å². The number of hydrogen-bond donors (Lipinski definition) is 2. The molecule has 0 aliphatic heterocycles. The number of sulfonamides is 1. The van der Waals surface area contributed by atoms with Crippen LogP contribution in [0.3, 0.4) is 0 Å². The Labute approximate surface area is 105 Å². The van der Waals surface area contributed by atoms with Gasteiger partial charge in [0.05, 0.1) is 10.9 Å². The molecular formula is C10H14FN3O3S. The molecule has 0 radical (unpaired) electrons. The summed E-state index contributed by atoms with van der Waals surface area (Å²) >= 11 is 0. The molecule has 1 rings (SSSR count). The molecule has 0 heterocycles.